The van der Waals surface area contributed by atoms with E-state index in [9.17, 15) is 9.59 Å². The number of benzene rings is 2. The highest BCUT2D eigenvalue weighted by Crippen LogP contribution is 2.20. The second kappa shape index (κ2) is 8.47. The normalized spacial score (nSPS) is 11.9. The number of nitrogens with one attached hydrogen (secondary N) is 1. The van der Waals surface area contributed by atoms with Gasteiger partial charge in [0.2, 0.25) is 0 Å². The van der Waals surface area contributed by atoms with E-state index >= 15 is 0 Å². The molecule has 0 saturated carbocycles. The lowest BCUT2D eigenvalue weighted by Crippen LogP contribution is -2.31. The van der Waals surface area contributed by atoms with Crippen molar-refractivity contribution < 1.29 is 14.3 Å². The minimum absolute atomic E-state index is 0.0960. The quantitative estimate of drug-likeness (QED) is 0.806. The second-order valence-electron chi connectivity index (χ2n) is 6.55. The highest BCUT2D eigenvalue weighted by atomic mass is 16.5. The first-order valence-electron chi connectivity index (χ1n) is 8.48. The van der Waals surface area contributed by atoms with Crippen molar-refractivity contribution in [1.29, 1.82) is 0 Å². The van der Waals surface area contributed by atoms with Crippen LogP contribution < -0.4 is 5.32 Å². The van der Waals surface area contributed by atoms with Crippen molar-refractivity contribution in [2.75, 3.05) is 0 Å². The molecule has 2 aromatic carbocycles. The van der Waals surface area contributed by atoms with E-state index in [2.05, 4.69) is 5.32 Å². The van der Waals surface area contributed by atoms with Gasteiger partial charge in [0.15, 0.2) is 0 Å². The Labute approximate surface area is 149 Å². The molecule has 0 aliphatic heterocycles. The maximum atomic E-state index is 12.6. The molecular weight excluding hydrogens is 314 g/mol. The fourth-order valence-corrected chi connectivity index (χ4v) is 2.56. The number of carbonyl (C=O) groups is 2. The Kier molecular flexibility index (Phi) is 6.34. The van der Waals surface area contributed by atoms with E-state index in [1.807, 2.05) is 70.2 Å². The lowest BCUT2D eigenvalue weighted by atomic mass is 10.0. The number of esters is 1. The SMILES string of the molecule is Cc1ccc(C(CC(=O)OC(C)C)NC(=O)c2cccc(C)c2)cc1. The summed E-state index contributed by atoms with van der Waals surface area (Å²) in [6, 6.07) is 14.7. The molecule has 4 nitrogen and oxygen atoms in total. The smallest absolute Gasteiger partial charge is 0.308 e. The Morgan fingerprint density at radius 2 is 1.68 bits per heavy atom. The fourth-order valence-electron chi connectivity index (χ4n) is 2.56. The molecule has 4 heteroatoms. The van der Waals surface area contributed by atoms with Crippen molar-refractivity contribution in [1.82, 2.24) is 5.32 Å². The molecule has 2 rings (SSSR count). The van der Waals surface area contributed by atoms with Crippen LogP contribution in [0.3, 0.4) is 0 Å². The van der Waals surface area contributed by atoms with Crippen LogP contribution in [0.15, 0.2) is 48.5 Å². The first kappa shape index (κ1) is 18.7. The molecule has 0 aliphatic carbocycles. The van der Waals surface area contributed by atoms with E-state index in [-0.39, 0.29) is 24.4 Å². The first-order chi connectivity index (χ1) is 11.8. The van der Waals surface area contributed by atoms with Gasteiger partial charge in [0.25, 0.3) is 5.91 Å². The van der Waals surface area contributed by atoms with Gasteiger partial charge in [0.1, 0.15) is 0 Å². The molecule has 1 amide bonds. The number of ether oxygens (including phenoxy) is 1. The van der Waals surface area contributed by atoms with E-state index in [4.69, 9.17) is 4.74 Å². The third-order valence-electron chi connectivity index (χ3n) is 3.80. The van der Waals surface area contributed by atoms with E-state index in [0.717, 1.165) is 16.7 Å². The average Bonchev–Trinajstić information content (AvgIpc) is 2.54. The number of rotatable bonds is 6. The van der Waals surface area contributed by atoms with Crippen molar-refractivity contribution in [2.24, 2.45) is 0 Å². The number of hydrogen-bond acceptors (Lipinski definition) is 3. The lowest BCUT2D eigenvalue weighted by Gasteiger charge is -2.20. The molecule has 1 N–H and O–H groups in total. The summed E-state index contributed by atoms with van der Waals surface area (Å²) in [5.41, 5.74) is 3.60. The molecule has 0 radical (unpaired) electrons. The Morgan fingerprint density at radius 3 is 2.28 bits per heavy atom. The zero-order chi connectivity index (χ0) is 18.4. The Balaban J connectivity index is 2.20. The van der Waals surface area contributed by atoms with Crippen LogP contribution in [0.2, 0.25) is 0 Å². The highest BCUT2D eigenvalue weighted by Gasteiger charge is 2.20. The molecule has 1 unspecified atom stereocenters. The molecule has 132 valence electrons. The molecule has 0 bridgehead atoms. The molecule has 0 aliphatic rings. The second-order valence-corrected chi connectivity index (χ2v) is 6.55. The van der Waals surface area contributed by atoms with Gasteiger partial charge in [0, 0.05) is 5.56 Å². The van der Waals surface area contributed by atoms with E-state index in [1.165, 1.54) is 0 Å². The predicted molar refractivity (Wildman–Crippen MR) is 98.4 cm³/mol. The standard InChI is InChI=1S/C21H25NO3/c1-14(2)25-20(23)13-19(17-10-8-15(3)9-11-17)22-21(24)18-7-5-6-16(4)12-18/h5-12,14,19H,13H2,1-4H3,(H,22,24). The third-order valence-corrected chi connectivity index (χ3v) is 3.80. The summed E-state index contributed by atoms with van der Waals surface area (Å²) in [4.78, 5) is 24.7. The molecule has 1 atom stereocenters. The molecule has 0 saturated heterocycles. The van der Waals surface area contributed by atoms with Crippen LogP contribution in [-0.4, -0.2) is 18.0 Å². The van der Waals surface area contributed by atoms with Crippen LogP contribution >= 0.6 is 0 Å². The van der Waals surface area contributed by atoms with Crippen molar-refractivity contribution in [3.05, 3.63) is 70.8 Å². The highest BCUT2D eigenvalue weighted by molar-refractivity contribution is 5.94. The van der Waals surface area contributed by atoms with Crippen molar-refractivity contribution in [3.63, 3.8) is 0 Å². The van der Waals surface area contributed by atoms with E-state index in [1.54, 1.807) is 6.07 Å². The van der Waals surface area contributed by atoms with Gasteiger partial charge in [0.05, 0.1) is 18.6 Å². The number of amides is 1. The van der Waals surface area contributed by atoms with Crippen LogP contribution in [0, 0.1) is 13.8 Å². The van der Waals surface area contributed by atoms with Gasteiger partial charge in [-0.2, -0.15) is 0 Å². The summed E-state index contributed by atoms with van der Waals surface area (Å²) in [6.45, 7) is 7.56. The number of aryl methyl sites for hydroxylation is 2. The molecule has 0 heterocycles. The van der Waals surface area contributed by atoms with Crippen molar-refractivity contribution >= 4 is 11.9 Å². The molecule has 25 heavy (non-hydrogen) atoms. The summed E-state index contributed by atoms with van der Waals surface area (Å²) in [7, 11) is 0. The van der Waals surface area contributed by atoms with E-state index in [0.29, 0.717) is 5.56 Å². The Morgan fingerprint density at radius 1 is 1.00 bits per heavy atom. The maximum absolute atomic E-state index is 12.6. The number of carbonyl (C=O) groups excluding carboxylic acids is 2. The van der Waals surface area contributed by atoms with Gasteiger partial charge >= 0.3 is 5.97 Å². The minimum Gasteiger partial charge on any atom is -0.463 e. The summed E-state index contributed by atoms with van der Waals surface area (Å²) >= 11 is 0. The van der Waals surface area contributed by atoms with Crippen LogP contribution in [0.25, 0.3) is 0 Å². The monoisotopic (exact) mass is 339 g/mol. The maximum Gasteiger partial charge on any atom is 0.308 e. The van der Waals surface area contributed by atoms with Gasteiger partial charge in [-0.15, -0.1) is 0 Å². The van der Waals surface area contributed by atoms with Crippen LogP contribution in [0.5, 0.6) is 0 Å². The van der Waals surface area contributed by atoms with Gasteiger partial charge in [-0.1, -0.05) is 47.5 Å². The minimum atomic E-state index is -0.431. The Bertz CT molecular complexity index is 735. The fraction of sp³-hybridized carbons (Fsp3) is 0.333. The van der Waals surface area contributed by atoms with Gasteiger partial charge in [-0.3, -0.25) is 9.59 Å². The molecule has 2 aromatic rings. The molecular formula is C21H25NO3. The topological polar surface area (TPSA) is 55.4 Å². The van der Waals surface area contributed by atoms with Crippen LogP contribution in [-0.2, 0) is 9.53 Å². The van der Waals surface area contributed by atoms with Crippen molar-refractivity contribution in [3.8, 4) is 0 Å². The molecule has 0 fully saturated rings. The molecule has 0 spiro atoms. The van der Waals surface area contributed by atoms with Gasteiger partial charge in [-0.05, 0) is 45.4 Å². The summed E-state index contributed by atoms with van der Waals surface area (Å²) in [5.74, 6) is -0.531. The average molecular weight is 339 g/mol. The van der Waals surface area contributed by atoms with Crippen LogP contribution in [0.4, 0.5) is 0 Å². The summed E-state index contributed by atoms with van der Waals surface area (Å²) in [6.07, 6.45) is -0.0858. The zero-order valence-electron chi connectivity index (χ0n) is 15.2. The molecule has 0 aromatic heterocycles. The van der Waals surface area contributed by atoms with Gasteiger partial charge < -0.3 is 10.1 Å². The summed E-state index contributed by atoms with van der Waals surface area (Å²) < 4.78 is 5.24. The summed E-state index contributed by atoms with van der Waals surface area (Å²) in [5, 5.41) is 2.96. The predicted octanol–water partition coefficient (Wildman–Crippen LogP) is 4.12. The number of hydrogen-bond donors (Lipinski definition) is 1. The largest absolute Gasteiger partial charge is 0.463 e. The Hall–Kier alpha value is -2.62. The zero-order valence-corrected chi connectivity index (χ0v) is 15.2. The third kappa shape index (κ3) is 5.75. The van der Waals surface area contributed by atoms with Crippen molar-refractivity contribution in [2.45, 2.75) is 46.3 Å². The first-order valence-corrected chi connectivity index (χ1v) is 8.48. The van der Waals surface area contributed by atoms with Gasteiger partial charge in [-0.25, -0.2) is 0 Å². The lowest BCUT2D eigenvalue weighted by molar-refractivity contribution is -0.147. The van der Waals surface area contributed by atoms with Crippen LogP contribution in [0.1, 0.15) is 53.4 Å². The van der Waals surface area contributed by atoms with E-state index < -0.39 is 6.04 Å².